The molecule has 0 saturated heterocycles. The smallest absolute Gasteiger partial charge is 0.254 e. The Morgan fingerprint density at radius 1 is 1.00 bits per heavy atom. The Labute approximate surface area is 181 Å². The van der Waals surface area contributed by atoms with Gasteiger partial charge in [-0.05, 0) is 61.7 Å². The second-order valence-corrected chi connectivity index (χ2v) is 7.93. The number of amides is 3. The molecule has 31 heavy (non-hydrogen) atoms. The number of carbonyl (C=O) groups excluding carboxylic acids is 3. The number of nitrogens with zero attached hydrogens (tertiary/aromatic N) is 1. The van der Waals surface area contributed by atoms with Crippen molar-refractivity contribution < 1.29 is 18.8 Å². The van der Waals surface area contributed by atoms with Gasteiger partial charge < -0.3 is 15.5 Å². The number of aryl methyl sites for hydroxylation is 1. The van der Waals surface area contributed by atoms with Crippen LogP contribution in [-0.4, -0.2) is 41.8 Å². The third kappa shape index (κ3) is 6.64. The normalized spacial score (nSPS) is 14.0. The zero-order valence-corrected chi connectivity index (χ0v) is 17.7. The maximum atomic E-state index is 13.2. The molecule has 1 aliphatic carbocycles. The van der Waals surface area contributed by atoms with Crippen molar-refractivity contribution in [2.75, 3.05) is 18.4 Å². The number of nitrogens with one attached hydrogen (secondary N) is 2. The predicted octanol–water partition coefficient (Wildman–Crippen LogP) is 3.66. The molecular formula is C24H28FN3O3. The van der Waals surface area contributed by atoms with Gasteiger partial charge in [0.15, 0.2) is 0 Å². The second-order valence-electron chi connectivity index (χ2n) is 7.93. The zero-order chi connectivity index (χ0) is 22.2. The van der Waals surface area contributed by atoms with Gasteiger partial charge in [-0.3, -0.25) is 14.4 Å². The van der Waals surface area contributed by atoms with Crippen molar-refractivity contribution in [3.05, 3.63) is 65.5 Å². The molecule has 2 aromatic rings. The standard InChI is InChI=1S/C24H28FN3O3/c1-17-6-5-7-20(14-17)27-22(29)15-26-23(30)16-28(21-8-3-2-4-9-21)24(31)18-10-12-19(25)13-11-18/h5-7,10-14,21H,2-4,8-9,15-16H2,1H3,(H,26,30)(H,27,29). The lowest BCUT2D eigenvalue weighted by Gasteiger charge is -2.34. The summed E-state index contributed by atoms with van der Waals surface area (Å²) in [6, 6.07) is 12.7. The molecule has 0 atom stereocenters. The van der Waals surface area contributed by atoms with Gasteiger partial charge >= 0.3 is 0 Å². The molecule has 1 saturated carbocycles. The third-order valence-electron chi connectivity index (χ3n) is 5.43. The van der Waals surface area contributed by atoms with Crippen LogP contribution in [0.2, 0.25) is 0 Å². The van der Waals surface area contributed by atoms with Crippen LogP contribution in [0, 0.1) is 12.7 Å². The van der Waals surface area contributed by atoms with Crippen LogP contribution in [0.5, 0.6) is 0 Å². The summed E-state index contributed by atoms with van der Waals surface area (Å²) in [4.78, 5) is 39.3. The van der Waals surface area contributed by atoms with Gasteiger partial charge in [0.2, 0.25) is 11.8 Å². The number of anilines is 1. The lowest BCUT2D eigenvalue weighted by atomic mass is 9.93. The maximum Gasteiger partial charge on any atom is 0.254 e. The second kappa shape index (κ2) is 10.7. The molecule has 0 radical (unpaired) electrons. The van der Waals surface area contributed by atoms with Gasteiger partial charge in [-0.15, -0.1) is 0 Å². The van der Waals surface area contributed by atoms with Crippen LogP contribution in [-0.2, 0) is 9.59 Å². The Hall–Kier alpha value is -3.22. The fraction of sp³-hybridized carbons (Fsp3) is 0.375. The Kier molecular flexibility index (Phi) is 7.76. The van der Waals surface area contributed by atoms with Crippen molar-refractivity contribution in [1.29, 1.82) is 0 Å². The molecule has 0 aromatic heterocycles. The van der Waals surface area contributed by atoms with Crippen molar-refractivity contribution in [3.63, 3.8) is 0 Å². The molecule has 1 aliphatic rings. The average molecular weight is 426 g/mol. The summed E-state index contributed by atoms with van der Waals surface area (Å²) >= 11 is 0. The van der Waals surface area contributed by atoms with Crippen LogP contribution < -0.4 is 10.6 Å². The van der Waals surface area contributed by atoms with E-state index in [1.807, 2.05) is 25.1 Å². The van der Waals surface area contributed by atoms with Crippen molar-refractivity contribution in [1.82, 2.24) is 10.2 Å². The minimum atomic E-state index is -0.418. The number of hydrogen-bond acceptors (Lipinski definition) is 3. The highest BCUT2D eigenvalue weighted by Crippen LogP contribution is 2.24. The van der Waals surface area contributed by atoms with E-state index in [9.17, 15) is 18.8 Å². The minimum absolute atomic E-state index is 0.0434. The number of rotatable bonds is 7. The number of halogens is 1. The summed E-state index contributed by atoms with van der Waals surface area (Å²) < 4.78 is 13.2. The molecule has 7 heteroatoms. The van der Waals surface area contributed by atoms with E-state index in [0.717, 1.165) is 37.7 Å². The molecule has 0 bridgehead atoms. The van der Waals surface area contributed by atoms with Crippen LogP contribution in [0.25, 0.3) is 0 Å². The molecule has 2 aromatic carbocycles. The Morgan fingerprint density at radius 2 is 1.71 bits per heavy atom. The largest absolute Gasteiger partial charge is 0.345 e. The molecule has 3 amide bonds. The first-order valence-electron chi connectivity index (χ1n) is 10.6. The highest BCUT2D eigenvalue weighted by molar-refractivity contribution is 5.98. The Morgan fingerprint density at radius 3 is 2.39 bits per heavy atom. The topological polar surface area (TPSA) is 78.5 Å². The summed E-state index contributed by atoms with van der Waals surface area (Å²) in [5, 5.41) is 5.34. The van der Waals surface area contributed by atoms with Crippen molar-refractivity contribution in [2.45, 2.75) is 45.1 Å². The predicted molar refractivity (Wildman–Crippen MR) is 117 cm³/mol. The van der Waals surface area contributed by atoms with Gasteiger partial charge in [0, 0.05) is 17.3 Å². The fourth-order valence-electron chi connectivity index (χ4n) is 3.84. The highest BCUT2D eigenvalue weighted by Gasteiger charge is 2.28. The average Bonchev–Trinajstić information content (AvgIpc) is 2.77. The molecule has 164 valence electrons. The fourth-order valence-corrected chi connectivity index (χ4v) is 3.84. The Bertz CT molecular complexity index is 924. The van der Waals surface area contributed by atoms with E-state index in [4.69, 9.17) is 0 Å². The van der Waals surface area contributed by atoms with E-state index in [1.54, 1.807) is 11.0 Å². The monoisotopic (exact) mass is 425 g/mol. The minimum Gasteiger partial charge on any atom is -0.345 e. The first kappa shape index (κ1) is 22.5. The molecule has 3 rings (SSSR count). The molecule has 2 N–H and O–H groups in total. The van der Waals surface area contributed by atoms with E-state index >= 15 is 0 Å². The van der Waals surface area contributed by atoms with Gasteiger partial charge in [0.25, 0.3) is 5.91 Å². The van der Waals surface area contributed by atoms with Gasteiger partial charge in [0.1, 0.15) is 12.4 Å². The quantitative estimate of drug-likeness (QED) is 0.711. The first-order chi connectivity index (χ1) is 14.9. The highest BCUT2D eigenvalue weighted by atomic mass is 19.1. The number of benzene rings is 2. The van der Waals surface area contributed by atoms with Gasteiger partial charge in [-0.2, -0.15) is 0 Å². The van der Waals surface area contributed by atoms with E-state index in [2.05, 4.69) is 10.6 Å². The first-order valence-corrected chi connectivity index (χ1v) is 10.6. The van der Waals surface area contributed by atoms with Gasteiger partial charge in [0.05, 0.1) is 6.54 Å². The molecule has 0 heterocycles. The maximum absolute atomic E-state index is 13.2. The third-order valence-corrected chi connectivity index (χ3v) is 5.43. The molecule has 0 aliphatic heterocycles. The van der Waals surface area contributed by atoms with Crippen LogP contribution in [0.1, 0.15) is 48.0 Å². The Balaban J connectivity index is 1.60. The summed E-state index contributed by atoms with van der Waals surface area (Å²) in [5.74, 6) is -1.46. The summed E-state index contributed by atoms with van der Waals surface area (Å²) in [6.45, 7) is 1.60. The van der Waals surface area contributed by atoms with E-state index in [1.165, 1.54) is 24.3 Å². The SMILES string of the molecule is Cc1cccc(NC(=O)CNC(=O)CN(C(=O)c2ccc(F)cc2)C2CCCCC2)c1. The van der Waals surface area contributed by atoms with Crippen molar-refractivity contribution in [2.24, 2.45) is 0 Å². The number of hydrogen-bond donors (Lipinski definition) is 2. The molecule has 0 unspecified atom stereocenters. The molecule has 1 fully saturated rings. The van der Waals surface area contributed by atoms with Gasteiger partial charge in [-0.1, -0.05) is 31.4 Å². The van der Waals surface area contributed by atoms with E-state index in [0.29, 0.717) is 11.3 Å². The van der Waals surface area contributed by atoms with E-state index < -0.39 is 11.7 Å². The van der Waals surface area contributed by atoms with Crippen LogP contribution in [0.4, 0.5) is 10.1 Å². The molecule has 0 spiro atoms. The van der Waals surface area contributed by atoms with Gasteiger partial charge in [-0.25, -0.2) is 4.39 Å². The summed E-state index contributed by atoms with van der Waals surface area (Å²) in [5.41, 5.74) is 2.02. The van der Waals surface area contributed by atoms with Crippen molar-refractivity contribution in [3.8, 4) is 0 Å². The van der Waals surface area contributed by atoms with E-state index in [-0.39, 0.29) is 30.9 Å². The molecular weight excluding hydrogens is 397 g/mol. The lowest BCUT2D eigenvalue weighted by Crippen LogP contribution is -2.48. The summed E-state index contributed by atoms with van der Waals surface area (Å²) in [7, 11) is 0. The van der Waals surface area contributed by atoms with Crippen LogP contribution in [0.15, 0.2) is 48.5 Å². The lowest BCUT2D eigenvalue weighted by molar-refractivity contribution is -0.125. The molecule has 6 nitrogen and oxygen atoms in total. The summed E-state index contributed by atoms with van der Waals surface area (Å²) in [6.07, 6.45) is 4.76. The van der Waals surface area contributed by atoms with Crippen LogP contribution in [0.3, 0.4) is 0 Å². The van der Waals surface area contributed by atoms with Crippen molar-refractivity contribution >= 4 is 23.4 Å². The number of carbonyl (C=O) groups is 3. The zero-order valence-electron chi connectivity index (χ0n) is 17.7. The van der Waals surface area contributed by atoms with Crippen LogP contribution >= 0.6 is 0 Å².